The highest BCUT2D eigenvalue weighted by Crippen LogP contribution is 2.53. The third kappa shape index (κ3) is 5.82. The molecule has 11 heteroatoms. The number of piperazine rings is 1. The number of halogens is 3. The minimum atomic E-state index is -2.66. The molecule has 1 aliphatic carbocycles. The minimum absolute atomic E-state index is 0.154. The van der Waals surface area contributed by atoms with E-state index >= 15 is 0 Å². The van der Waals surface area contributed by atoms with Gasteiger partial charge in [0.1, 0.15) is 11.9 Å². The number of alkyl halides is 2. The summed E-state index contributed by atoms with van der Waals surface area (Å²) >= 11 is 6.59. The first-order valence-corrected chi connectivity index (χ1v) is 13.1. The maximum Gasteiger partial charge on any atom is 0.272 e. The Morgan fingerprint density at radius 1 is 1.16 bits per heavy atom. The fourth-order valence-corrected chi connectivity index (χ4v) is 5.05. The molecule has 1 aromatic carbocycles. The van der Waals surface area contributed by atoms with Gasteiger partial charge in [-0.05, 0) is 43.5 Å². The van der Waals surface area contributed by atoms with Gasteiger partial charge in [-0.2, -0.15) is 5.10 Å². The maximum absolute atomic E-state index is 13.4. The van der Waals surface area contributed by atoms with Crippen LogP contribution in [0.1, 0.15) is 31.5 Å². The summed E-state index contributed by atoms with van der Waals surface area (Å²) in [5.41, 5.74) is 2.39. The largest absolute Gasteiger partial charge is 0.391 e. The number of hydrogen-bond donors (Lipinski definition) is 2. The number of aliphatic hydroxyl groups is 1. The van der Waals surface area contributed by atoms with Gasteiger partial charge >= 0.3 is 0 Å². The van der Waals surface area contributed by atoms with Crippen LogP contribution in [0.4, 0.5) is 26.0 Å². The monoisotopic (exact) mass is 534 g/mol. The van der Waals surface area contributed by atoms with Crippen LogP contribution in [-0.2, 0) is 4.74 Å². The standard InChI is InChI=1S/C22H25ClF2N6.C4H8O2/c1-3-29-4-6-30(7-5-29)19-9-15-10-21(26-12-16(15)8-17(19)23)28-18-13-27-31(14(18)2)20-11-22(20,24)25;5-4-1-2-6-3-4/h8-10,12-13,20H,3-7,11H2,1-2H3,(H,26,28);4-5H,1-3H2. The third-order valence-electron chi connectivity index (χ3n) is 7.25. The van der Waals surface area contributed by atoms with Crippen LogP contribution in [-0.4, -0.2) is 82.7 Å². The van der Waals surface area contributed by atoms with Crippen LogP contribution >= 0.6 is 11.6 Å². The van der Waals surface area contributed by atoms with Crippen LogP contribution in [0.5, 0.6) is 0 Å². The van der Waals surface area contributed by atoms with E-state index < -0.39 is 12.0 Å². The SMILES string of the molecule is CCN1CCN(c2cc3cc(Nc4cnn(C5CC5(F)F)c4C)ncc3cc2Cl)CC1.OC1CCOC1. The first kappa shape index (κ1) is 26.1. The van der Waals surface area contributed by atoms with Gasteiger partial charge in [0, 0.05) is 50.8 Å². The molecule has 2 N–H and O–H groups in total. The highest BCUT2D eigenvalue weighted by molar-refractivity contribution is 6.34. The van der Waals surface area contributed by atoms with E-state index in [0.29, 0.717) is 23.8 Å². The van der Waals surface area contributed by atoms with Crippen molar-refractivity contribution in [3.05, 3.63) is 41.3 Å². The molecule has 8 nitrogen and oxygen atoms in total. The number of aliphatic hydroxyl groups excluding tert-OH is 1. The van der Waals surface area contributed by atoms with Crippen LogP contribution in [0, 0.1) is 6.92 Å². The van der Waals surface area contributed by atoms with Crippen molar-refractivity contribution in [1.29, 1.82) is 0 Å². The van der Waals surface area contributed by atoms with Crippen LogP contribution in [0.25, 0.3) is 10.8 Å². The summed E-state index contributed by atoms with van der Waals surface area (Å²) in [6, 6.07) is 5.17. The number of fused-ring (bicyclic) bond motifs is 1. The number of nitrogens with zero attached hydrogens (tertiary/aromatic N) is 5. The Morgan fingerprint density at radius 2 is 1.92 bits per heavy atom. The molecule has 0 radical (unpaired) electrons. The molecule has 37 heavy (non-hydrogen) atoms. The smallest absolute Gasteiger partial charge is 0.272 e. The van der Waals surface area contributed by atoms with Gasteiger partial charge in [0.2, 0.25) is 0 Å². The van der Waals surface area contributed by atoms with Gasteiger partial charge in [-0.1, -0.05) is 18.5 Å². The molecular formula is C26H33ClF2N6O2. The van der Waals surface area contributed by atoms with Crippen LogP contribution in [0.3, 0.4) is 0 Å². The number of benzene rings is 1. The van der Waals surface area contributed by atoms with Crippen molar-refractivity contribution in [3.8, 4) is 0 Å². The zero-order valence-corrected chi connectivity index (χ0v) is 21.9. The van der Waals surface area contributed by atoms with E-state index in [1.807, 2.05) is 12.1 Å². The molecule has 2 aromatic heterocycles. The summed E-state index contributed by atoms with van der Waals surface area (Å²) in [6.07, 6.45) is 3.84. The molecule has 2 saturated heterocycles. The molecule has 0 amide bonds. The van der Waals surface area contributed by atoms with E-state index in [2.05, 4.69) is 38.2 Å². The number of rotatable bonds is 5. The molecule has 3 aliphatic rings. The average molecular weight is 535 g/mol. The molecular weight excluding hydrogens is 502 g/mol. The van der Waals surface area contributed by atoms with E-state index in [9.17, 15) is 8.78 Å². The molecule has 3 aromatic rings. The second-order valence-corrected chi connectivity index (χ2v) is 10.3. The molecule has 4 heterocycles. The summed E-state index contributed by atoms with van der Waals surface area (Å²) < 4.78 is 33.1. The quantitative estimate of drug-likeness (QED) is 0.494. The lowest BCUT2D eigenvalue weighted by molar-refractivity contribution is 0.0979. The van der Waals surface area contributed by atoms with Crippen molar-refractivity contribution in [3.63, 3.8) is 0 Å². The van der Waals surface area contributed by atoms with Crippen molar-refractivity contribution in [2.45, 2.75) is 44.8 Å². The van der Waals surface area contributed by atoms with Crippen LogP contribution in [0.2, 0.25) is 5.02 Å². The molecule has 2 atom stereocenters. The molecule has 3 fully saturated rings. The first-order chi connectivity index (χ1) is 17.7. The number of nitrogens with one attached hydrogen (secondary N) is 1. The van der Waals surface area contributed by atoms with Crippen LogP contribution < -0.4 is 10.2 Å². The van der Waals surface area contributed by atoms with Gasteiger partial charge in [0.05, 0.1) is 41.0 Å². The lowest BCUT2D eigenvalue weighted by Gasteiger charge is -2.36. The predicted molar refractivity (Wildman–Crippen MR) is 141 cm³/mol. The summed E-state index contributed by atoms with van der Waals surface area (Å²) in [7, 11) is 0. The van der Waals surface area contributed by atoms with E-state index in [1.165, 1.54) is 4.68 Å². The van der Waals surface area contributed by atoms with Crippen molar-refractivity contribution < 1.29 is 18.6 Å². The van der Waals surface area contributed by atoms with E-state index in [-0.39, 0.29) is 12.5 Å². The lowest BCUT2D eigenvalue weighted by atomic mass is 10.1. The first-order valence-electron chi connectivity index (χ1n) is 12.8. The van der Waals surface area contributed by atoms with Gasteiger partial charge in [0.25, 0.3) is 5.92 Å². The maximum atomic E-state index is 13.4. The summed E-state index contributed by atoms with van der Waals surface area (Å²) in [4.78, 5) is 9.22. The highest BCUT2D eigenvalue weighted by atomic mass is 35.5. The van der Waals surface area contributed by atoms with Crippen LogP contribution in [0.15, 0.2) is 30.6 Å². The lowest BCUT2D eigenvalue weighted by Crippen LogP contribution is -2.46. The Bertz CT molecular complexity index is 1240. The number of pyridine rings is 1. The number of hydrogen-bond acceptors (Lipinski definition) is 7. The molecule has 2 aliphatic heterocycles. The summed E-state index contributed by atoms with van der Waals surface area (Å²) in [5.74, 6) is -2.02. The summed E-state index contributed by atoms with van der Waals surface area (Å²) in [6.45, 7) is 10.3. The number of anilines is 3. The average Bonchev–Trinajstić information content (AvgIpc) is 3.17. The molecule has 0 bridgehead atoms. The summed E-state index contributed by atoms with van der Waals surface area (Å²) in [5, 5.41) is 18.7. The number of aromatic nitrogens is 3. The number of ether oxygens (including phenoxy) is 1. The second-order valence-electron chi connectivity index (χ2n) is 9.85. The van der Waals surface area contributed by atoms with Gasteiger partial charge in [0.15, 0.2) is 0 Å². The fourth-order valence-electron chi connectivity index (χ4n) is 4.75. The van der Waals surface area contributed by atoms with Crippen molar-refractivity contribution in [2.75, 3.05) is 56.2 Å². The van der Waals surface area contributed by atoms with E-state index in [4.69, 9.17) is 21.4 Å². The Hall–Kier alpha value is -2.53. The third-order valence-corrected chi connectivity index (χ3v) is 7.55. The predicted octanol–water partition coefficient (Wildman–Crippen LogP) is 4.63. The van der Waals surface area contributed by atoms with Crippen molar-refractivity contribution >= 4 is 39.6 Å². The van der Waals surface area contributed by atoms with Crippen molar-refractivity contribution in [2.24, 2.45) is 0 Å². The van der Waals surface area contributed by atoms with E-state index in [0.717, 1.165) is 67.2 Å². The van der Waals surface area contributed by atoms with Gasteiger partial charge in [-0.25, -0.2) is 13.8 Å². The van der Waals surface area contributed by atoms with E-state index in [1.54, 1.807) is 19.3 Å². The molecule has 0 spiro atoms. The second kappa shape index (κ2) is 10.7. The van der Waals surface area contributed by atoms with Gasteiger partial charge in [-0.3, -0.25) is 4.68 Å². The zero-order chi connectivity index (χ0) is 26.2. The number of likely N-dealkylation sites (N-methyl/N-ethyl adjacent to an activating group) is 1. The minimum Gasteiger partial charge on any atom is -0.391 e. The molecule has 1 saturated carbocycles. The Morgan fingerprint density at radius 3 is 2.51 bits per heavy atom. The Balaban J connectivity index is 0.000000412. The normalized spacial score (nSPS) is 23.1. The zero-order valence-electron chi connectivity index (χ0n) is 21.1. The molecule has 200 valence electrons. The molecule has 2 unspecified atom stereocenters. The van der Waals surface area contributed by atoms with Gasteiger partial charge < -0.3 is 25.0 Å². The van der Waals surface area contributed by atoms with Crippen molar-refractivity contribution in [1.82, 2.24) is 19.7 Å². The Labute approximate surface area is 220 Å². The topological polar surface area (TPSA) is 78.7 Å². The fraction of sp³-hybridized carbons (Fsp3) is 0.538. The Kier molecular flexibility index (Phi) is 7.53. The van der Waals surface area contributed by atoms with Gasteiger partial charge in [-0.15, -0.1) is 0 Å². The molecule has 6 rings (SSSR count). The highest BCUT2D eigenvalue weighted by Gasteiger charge is 2.59.